The van der Waals surface area contributed by atoms with E-state index in [1.807, 2.05) is 0 Å². The average molecular weight is 213 g/mol. The molecule has 0 aromatic rings. The van der Waals surface area contributed by atoms with Gasteiger partial charge in [0.2, 0.25) is 0 Å². The number of nitrogens with one attached hydrogen (secondary N) is 1. The zero-order valence-corrected chi connectivity index (χ0v) is 10.4. The first-order valence-corrected chi connectivity index (χ1v) is 6.58. The molecule has 0 aliphatic heterocycles. The Morgan fingerprint density at radius 3 is 2.73 bits per heavy atom. The van der Waals surface area contributed by atoms with Crippen LogP contribution in [0.15, 0.2) is 0 Å². The predicted octanol–water partition coefficient (Wildman–Crippen LogP) is 2.83. The lowest BCUT2D eigenvalue weighted by atomic mass is 9.91. The van der Waals surface area contributed by atoms with E-state index < -0.39 is 0 Å². The van der Waals surface area contributed by atoms with Crippen LogP contribution >= 0.6 is 0 Å². The van der Waals surface area contributed by atoms with Crippen LogP contribution in [0.2, 0.25) is 0 Å². The van der Waals surface area contributed by atoms with Crippen molar-refractivity contribution < 1.29 is 4.74 Å². The molecule has 2 nitrogen and oxygen atoms in total. The summed E-state index contributed by atoms with van der Waals surface area (Å²) in [4.78, 5) is 0. The zero-order chi connectivity index (χ0) is 10.9. The van der Waals surface area contributed by atoms with Gasteiger partial charge < -0.3 is 10.1 Å². The molecule has 15 heavy (non-hydrogen) atoms. The summed E-state index contributed by atoms with van der Waals surface area (Å²) >= 11 is 0. The minimum Gasteiger partial charge on any atom is -0.385 e. The molecule has 0 aromatic heterocycles. The van der Waals surface area contributed by atoms with Gasteiger partial charge in [0.1, 0.15) is 0 Å². The largest absolute Gasteiger partial charge is 0.385 e. The Hall–Kier alpha value is -0.0800. The van der Waals surface area contributed by atoms with E-state index in [1.54, 1.807) is 7.11 Å². The normalized spacial score (nSPS) is 26.0. The molecule has 0 aromatic carbocycles. The SMILES string of the molecule is CCNCC1CCCC1CCCCOC. The molecule has 0 radical (unpaired) electrons. The third-order valence-electron chi connectivity index (χ3n) is 3.65. The van der Waals surface area contributed by atoms with Gasteiger partial charge in [-0.3, -0.25) is 0 Å². The maximum Gasteiger partial charge on any atom is 0.0462 e. The highest BCUT2D eigenvalue weighted by molar-refractivity contribution is 4.78. The van der Waals surface area contributed by atoms with Crippen molar-refractivity contribution in [3.05, 3.63) is 0 Å². The van der Waals surface area contributed by atoms with Crippen molar-refractivity contribution in [3.8, 4) is 0 Å². The molecule has 2 heteroatoms. The fourth-order valence-corrected chi connectivity index (χ4v) is 2.75. The Balaban J connectivity index is 2.09. The second-order valence-electron chi connectivity index (χ2n) is 4.75. The van der Waals surface area contributed by atoms with Gasteiger partial charge in [0, 0.05) is 13.7 Å². The number of unbranched alkanes of at least 4 members (excludes halogenated alkanes) is 1. The number of hydrogen-bond acceptors (Lipinski definition) is 2. The van der Waals surface area contributed by atoms with Gasteiger partial charge in [0.25, 0.3) is 0 Å². The molecule has 0 heterocycles. The van der Waals surface area contributed by atoms with Crippen LogP contribution in [0.1, 0.15) is 45.4 Å². The zero-order valence-electron chi connectivity index (χ0n) is 10.4. The van der Waals surface area contributed by atoms with Crippen molar-refractivity contribution in [3.63, 3.8) is 0 Å². The van der Waals surface area contributed by atoms with E-state index in [9.17, 15) is 0 Å². The summed E-state index contributed by atoms with van der Waals surface area (Å²) in [5, 5.41) is 3.50. The van der Waals surface area contributed by atoms with Crippen molar-refractivity contribution in [2.75, 3.05) is 26.8 Å². The topological polar surface area (TPSA) is 21.3 Å². The number of methoxy groups -OCH3 is 1. The predicted molar refractivity (Wildman–Crippen MR) is 65.1 cm³/mol. The molecule has 90 valence electrons. The van der Waals surface area contributed by atoms with Crippen molar-refractivity contribution >= 4 is 0 Å². The minimum absolute atomic E-state index is 0.935. The summed E-state index contributed by atoms with van der Waals surface area (Å²) in [5.74, 6) is 1.94. The molecule has 2 atom stereocenters. The van der Waals surface area contributed by atoms with Gasteiger partial charge in [-0.05, 0) is 37.8 Å². The maximum absolute atomic E-state index is 5.09. The quantitative estimate of drug-likeness (QED) is 0.626. The van der Waals surface area contributed by atoms with E-state index in [2.05, 4.69) is 12.2 Å². The van der Waals surface area contributed by atoms with Crippen LogP contribution in [0.25, 0.3) is 0 Å². The fourth-order valence-electron chi connectivity index (χ4n) is 2.75. The lowest BCUT2D eigenvalue weighted by molar-refractivity contribution is 0.188. The van der Waals surface area contributed by atoms with E-state index in [-0.39, 0.29) is 0 Å². The highest BCUT2D eigenvalue weighted by Gasteiger charge is 2.25. The van der Waals surface area contributed by atoms with E-state index >= 15 is 0 Å². The fraction of sp³-hybridized carbons (Fsp3) is 1.00. The molecule has 1 N–H and O–H groups in total. The van der Waals surface area contributed by atoms with Crippen molar-refractivity contribution in [2.45, 2.75) is 45.4 Å². The van der Waals surface area contributed by atoms with E-state index in [1.165, 1.54) is 45.1 Å². The van der Waals surface area contributed by atoms with Crippen LogP contribution in [0, 0.1) is 11.8 Å². The standard InChI is InChI=1S/C13H27NO/c1-3-14-11-13-9-6-8-12(13)7-4-5-10-15-2/h12-14H,3-11H2,1-2H3. The molecule has 1 rings (SSSR count). The molecule has 0 amide bonds. The smallest absolute Gasteiger partial charge is 0.0462 e. The summed E-state index contributed by atoms with van der Waals surface area (Å²) in [6, 6.07) is 0. The summed E-state index contributed by atoms with van der Waals surface area (Å²) in [6.07, 6.45) is 8.36. The monoisotopic (exact) mass is 213 g/mol. The first kappa shape index (κ1) is 13.0. The Bertz CT molecular complexity index is 149. The molecule has 2 unspecified atom stereocenters. The van der Waals surface area contributed by atoms with Crippen LogP contribution < -0.4 is 5.32 Å². The van der Waals surface area contributed by atoms with Crippen LogP contribution in [0.3, 0.4) is 0 Å². The van der Waals surface area contributed by atoms with Gasteiger partial charge in [-0.2, -0.15) is 0 Å². The number of hydrogen-bond donors (Lipinski definition) is 1. The molecule has 1 fully saturated rings. The van der Waals surface area contributed by atoms with Crippen LogP contribution in [-0.2, 0) is 4.74 Å². The summed E-state index contributed by atoms with van der Waals surface area (Å²) in [6.45, 7) is 5.49. The Labute approximate surface area is 94.8 Å². The van der Waals surface area contributed by atoms with E-state index in [4.69, 9.17) is 4.74 Å². The molecule has 1 aliphatic rings. The Kier molecular flexibility index (Phi) is 7.03. The second-order valence-corrected chi connectivity index (χ2v) is 4.75. The molecule has 0 spiro atoms. The third kappa shape index (κ3) is 4.98. The van der Waals surface area contributed by atoms with Crippen molar-refractivity contribution in [1.29, 1.82) is 0 Å². The molecular weight excluding hydrogens is 186 g/mol. The lowest BCUT2D eigenvalue weighted by Crippen LogP contribution is -2.25. The van der Waals surface area contributed by atoms with Gasteiger partial charge in [-0.25, -0.2) is 0 Å². The highest BCUT2D eigenvalue weighted by Crippen LogP contribution is 2.34. The third-order valence-corrected chi connectivity index (χ3v) is 3.65. The van der Waals surface area contributed by atoms with Crippen LogP contribution in [0.4, 0.5) is 0 Å². The highest BCUT2D eigenvalue weighted by atomic mass is 16.5. The first-order valence-electron chi connectivity index (χ1n) is 6.58. The second kappa shape index (κ2) is 8.12. The molecule has 0 saturated heterocycles. The number of ether oxygens (including phenoxy) is 1. The first-order chi connectivity index (χ1) is 7.38. The van der Waals surface area contributed by atoms with Crippen molar-refractivity contribution in [1.82, 2.24) is 5.32 Å². The van der Waals surface area contributed by atoms with E-state index in [0.717, 1.165) is 25.0 Å². The summed E-state index contributed by atoms with van der Waals surface area (Å²) < 4.78 is 5.09. The lowest BCUT2D eigenvalue weighted by Gasteiger charge is -2.19. The maximum atomic E-state index is 5.09. The molecular formula is C13H27NO. The van der Waals surface area contributed by atoms with Gasteiger partial charge in [0.05, 0.1) is 0 Å². The van der Waals surface area contributed by atoms with Crippen LogP contribution in [-0.4, -0.2) is 26.8 Å². The van der Waals surface area contributed by atoms with Gasteiger partial charge in [-0.15, -0.1) is 0 Å². The number of rotatable bonds is 8. The summed E-state index contributed by atoms with van der Waals surface area (Å²) in [5.41, 5.74) is 0. The molecule has 1 saturated carbocycles. The molecule has 1 aliphatic carbocycles. The molecule has 0 bridgehead atoms. The Morgan fingerprint density at radius 2 is 2.00 bits per heavy atom. The minimum atomic E-state index is 0.935. The van der Waals surface area contributed by atoms with Gasteiger partial charge in [-0.1, -0.05) is 32.6 Å². The van der Waals surface area contributed by atoms with Gasteiger partial charge in [0.15, 0.2) is 0 Å². The van der Waals surface area contributed by atoms with E-state index in [0.29, 0.717) is 0 Å². The van der Waals surface area contributed by atoms with Crippen molar-refractivity contribution in [2.24, 2.45) is 11.8 Å². The Morgan fingerprint density at radius 1 is 1.20 bits per heavy atom. The van der Waals surface area contributed by atoms with Gasteiger partial charge >= 0.3 is 0 Å². The average Bonchev–Trinajstić information content (AvgIpc) is 2.69. The summed E-state index contributed by atoms with van der Waals surface area (Å²) in [7, 11) is 1.80. The van der Waals surface area contributed by atoms with Crippen LogP contribution in [0.5, 0.6) is 0 Å².